The highest BCUT2D eigenvalue weighted by molar-refractivity contribution is 7.93. The normalized spacial score (nSPS) is 11.2. The number of rotatable bonds is 7. The number of nitrogens with zero attached hydrogens (tertiary/aromatic N) is 2. The van der Waals surface area contributed by atoms with Crippen LogP contribution in [0.1, 0.15) is 17.5 Å². The molecule has 0 aliphatic carbocycles. The van der Waals surface area contributed by atoms with Crippen LogP contribution in [0.15, 0.2) is 23.1 Å². The quantitative estimate of drug-likeness (QED) is 0.733. The van der Waals surface area contributed by atoms with Crippen LogP contribution in [0.5, 0.6) is 0 Å². The van der Waals surface area contributed by atoms with E-state index in [1.165, 1.54) is 6.07 Å². The zero-order chi connectivity index (χ0) is 18.4. The topological polar surface area (TPSA) is 110 Å². The molecular formula is C14H17ClN4O4S2. The van der Waals surface area contributed by atoms with Gasteiger partial charge in [0, 0.05) is 18.0 Å². The van der Waals surface area contributed by atoms with Gasteiger partial charge in [-0.25, -0.2) is 13.2 Å². The largest absolute Gasteiger partial charge is 0.449 e. The number of carbonyl (C=O) groups excluding carboxylic acids is 1. The van der Waals surface area contributed by atoms with E-state index in [0.717, 1.165) is 11.3 Å². The summed E-state index contributed by atoms with van der Waals surface area (Å²) in [6.07, 6.45) is -0.170. The zero-order valence-electron chi connectivity index (χ0n) is 13.6. The van der Waals surface area contributed by atoms with Crippen LogP contribution in [-0.4, -0.2) is 37.9 Å². The molecule has 11 heteroatoms. The Kier molecular flexibility index (Phi) is 6.57. The fourth-order valence-electron chi connectivity index (χ4n) is 1.87. The second-order valence-electron chi connectivity index (χ2n) is 4.89. The predicted molar refractivity (Wildman–Crippen MR) is 95.6 cm³/mol. The molecule has 0 spiro atoms. The summed E-state index contributed by atoms with van der Waals surface area (Å²) in [5.74, 6) is 0. The van der Waals surface area contributed by atoms with Crippen molar-refractivity contribution < 1.29 is 17.9 Å². The second kappa shape index (κ2) is 8.45. The fraction of sp³-hybridized carbons (Fsp3) is 0.357. The van der Waals surface area contributed by atoms with Crippen molar-refractivity contribution >= 4 is 44.2 Å². The van der Waals surface area contributed by atoms with Crippen LogP contribution in [0.4, 0.5) is 9.93 Å². The number of aromatic nitrogens is 2. The third kappa shape index (κ3) is 5.28. The lowest BCUT2D eigenvalue weighted by Gasteiger charge is -2.08. The molecule has 2 aromatic rings. The Labute approximate surface area is 154 Å². The minimum Gasteiger partial charge on any atom is -0.449 e. The molecule has 2 N–H and O–H groups in total. The smallest absolute Gasteiger partial charge is 0.407 e. The number of nitrogens with one attached hydrogen (secondary N) is 2. The second-order valence-corrected chi connectivity index (χ2v) is 8.01. The SMILES string of the molecule is CCNC(=O)OCCc1nnc(NS(=O)(=O)c2cccc(Cl)c2C)s1. The summed E-state index contributed by atoms with van der Waals surface area (Å²) in [5.41, 5.74) is 0.455. The molecule has 2 rings (SSSR count). The number of halogens is 1. The maximum atomic E-state index is 12.5. The third-order valence-electron chi connectivity index (χ3n) is 3.07. The maximum absolute atomic E-state index is 12.5. The molecule has 0 aliphatic rings. The van der Waals surface area contributed by atoms with E-state index in [1.54, 1.807) is 26.0 Å². The summed E-state index contributed by atoms with van der Waals surface area (Å²) < 4.78 is 32.2. The van der Waals surface area contributed by atoms with Crippen LogP contribution in [0.2, 0.25) is 5.02 Å². The van der Waals surface area contributed by atoms with Gasteiger partial charge < -0.3 is 10.1 Å². The Morgan fingerprint density at radius 3 is 2.84 bits per heavy atom. The summed E-state index contributed by atoms with van der Waals surface area (Å²) in [5, 5.41) is 11.2. The number of ether oxygens (including phenoxy) is 1. The van der Waals surface area contributed by atoms with Crippen molar-refractivity contribution in [1.29, 1.82) is 0 Å². The number of sulfonamides is 1. The van der Waals surface area contributed by atoms with Crippen molar-refractivity contribution in [3.05, 3.63) is 33.8 Å². The summed E-state index contributed by atoms with van der Waals surface area (Å²) in [7, 11) is -3.82. The van der Waals surface area contributed by atoms with Crippen LogP contribution in [-0.2, 0) is 21.2 Å². The summed E-state index contributed by atoms with van der Waals surface area (Å²) >= 11 is 7.04. The number of benzene rings is 1. The number of amides is 1. The molecule has 0 bridgehead atoms. The van der Waals surface area contributed by atoms with Crippen molar-refractivity contribution in [2.24, 2.45) is 0 Å². The number of alkyl carbamates (subject to hydrolysis) is 1. The molecule has 136 valence electrons. The Hall–Kier alpha value is -1.91. The molecule has 0 unspecified atom stereocenters. The van der Waals surface area contributed by atoms with Gasteiger partial charge in [0.1, 0.15) is 5.01 Å². The standard InChI is InChI=1S/C14H17ClN4O4S2/c1-3-16-14(20)23-8-7-12-17-18-13(24-12)19-25(21,22)11-6-4-5-10(15)9(11)2/h4-6H,3,7-8H2,1-2H3,(H,16,20)(H,18,19). The first-order chi connectivity index (χ1) is 11.8. The Balaban J connectivity index is 2.00. The summed E-state index contributed by atoms with van der Waals surface area (Å²) in [6.45, 7) is 4.01. The van der Waals surface area contributed by atoms with E-state index in [-0.39, 0.29) is 16.6 Å². The maximum Gasteiger partial charge on any atom is 0.407 e. The van der Waals surface area contributed by atoms with Crippen LogP contribution < -0.4 is 10.0 Å². The van der Waals surface area contributed by atoms with Gasteiger partial charge in [0.15, 0.2) is 0 Å². The molecule has 0 saturated carbocycles. The average Bonchev–Trinajstić information content (AvgIpc) is 2.96. The van der Waals surface area contributed by atoms with E-state index in [4.69, 9.17) is 16.3 Å². The van der Waals surface area contributed by atoms with Gasteiger partial charge in [-0.05, 0) is 31.5 Å². The highest BCUT2D eigenvalue weighted by Gasteiger charge is 2.20. The minimum absolute atomic E-state index is 0.0799. The molecular weight excluding hydrogens is 388 g/mol. The van der Waals surface area contributed by atoms with Gasteiger partial charge in [0.2, 0.25) is 5.13 Å². The van der Waals surface area contributed by atoms with Crippen LogP contribution in [0.25, 0.3) is 0 Å². The lowest BCUT2D eigenvalue weighted by molar-refractivity contribution is 0.148. The van der Waals surface area contributed by atoms with Gasteiger partial charge in [0.05, 0.1) is 11.5 Å². The molecule has 1 amide bonds. The molecule has 0 saturated heterocycles. The van der Waals surface area contributed by atoms with Gasteiger partial charge >= 0.3 is 6.09 Å². The number of hydrogen-bond donors (Lipinski definition) is 2. The van der Waals surface area contributed by atoms with Crippen molar-refractivity contribution in [2.75, 3.05) is 17.9 Å². The van der Waals surface area contributed by atoms with Gasteiger partial charge in [-0.1, -0.05) is 29.0 Å². The van der Waals surface area contributed by atoms with Crippen LogP contribution in [0, 0.1) is 6.92 Å². The number of hydrogen-bond acceptors (Lipinski definition) is 7. The fourth-order valence-corrected chi connectivity index (χ4v) is 4.32. The molecule has 0 atom stereocenters. The predicted octanol–water partition coefficient (Wildman–Crippen LogP) is 2.59. The molecule has 8 nitrogen and oxygen atoms in total. The molecule has 0 radical (unpaired) electrons. The average molecular weight is 405 g/mol. The molecule has 1 aromatic heterocycles. The summed E-state index contributed by atoms with van der Waals surface area (Å²) in [6, 6.07) is 4.65. The minimum atomic E-state index is -3.82. The van der Waals surface area contributed by atoms with Crippen LogP contribution in [0.3, 0.4) is 0 Å². The molecule has 1 aromatic carbocycles. The zero-order valence-corrected chi connectivity index (χ0v) is 16.0. The van der Waals surface area contributed by atoms with Crippen molar-refractivity contribution in [3.63, 3.8) is 0 Å². The van der Waals surface area contributed by atoms with Crippen molar-refractivity contribution in [1.82, 2.24) is 15.5 Å². The first-order valence-corrected chi connectivity index (χ1v) is 10.0. The number of carbonyl (C=O) groups is 1. The Morgan fingerprint density at radius 1 is 1.36 bits per heavy atom. The highest BCUT2D eigenvalue weighted by Crippen LogP contribution is 2.26. The first kappa shape index (κ1) is 19.4. The summed E-state index contributed by atoms with van der Waals surface area (Å²) in [4.78, 5) is 11.3. The molecule has 1 heterocycles. The van der Waals surface area contributed by atoms with Gasteiger partial charge in [0.25, 0.3) is 10.0 Å². The van der Waals surface area contributed by atoms with E-state index < -0.39 is 16.1 Å². The van der Waals surface area contributed by atoms with E-state index in [2.05, 4.69) is 20.2 Å². The molecule has 0 aliphatic heterocycles. The lowest BCUT2D eigenvalue weighted by Crippen LogP contribution is -2.24. The van der Waals surface area contributed by atoms with E-state index >= 15 is 0 Å². The Morgan fingerprint density at radius 2 is 2.12 bits per heavy atom. The monoisotopic (exact) mass is 404 g/mol. The van der Waals surface area contributed by atoms with Crippen LogP contribution >= 0.6 is 22.9 Å². The first-order valence-electron chi connectivity index (χ1n) is 7.34. The lowest BCUT2D eigenvalue weighted by atomic mass is 10.2. The Bertz CT molecular complexity index is 854. The van der Waals surface area contributed by atoms with Crippen molar-refractivity contribution in [3.8, 4) is 0 Å². The van der Waals surface area contributed by atoms with E-state index in [1.807, 2.05) is 0 Å². The molecule has 0 fully saturated rings. The molecule has 25 heavy (non-hydrogen) atoms. The van der Waals surface area contributed by atoms with Gasteiger partial charge in [-0.2, -0.15) is 0 Å². The van der Waals surface area contributed by atoms with Gasteiger partial charge in [-0.15, -0.1) is 10.2 Å². The number of anilines is 1. The third-order valence-corrected chi connectivity index (χ3v) is 5.99. The highest BCUT2D eigenvalue weighted by atomic mass is 35.5. The van der Waals surface area contributed by atoms with Crippen molar-refractivity contribution in [2.45, 2.75) is 25.2 Å². The van der Waals surface area contributed by atoms with E-state index in [0.29, 0.717) is 28.6 Å². The van der Waals surface area contributed by atoms with Gasteiger partial charge in [-0.3, -0.25) is 4.72 Å². The van der Waals surface area contributed by atoms with E-state index in [9.17, 15) is 13.2 Å².